The van der Waals surface area contributed by atoms with Gasteiger partial charge in [0.15, 0.2) is 0 Å². The third-order valence-corrected chi connectivity index (χ3v) is 4.39. The zero-order valence-corrected chi connectivity index (χ0v) is 12.2. The van der Waals surface area contributed by atoms with Crippen molar-refractivity contribution in [2.75, 3.05) is 14.2 Å². The van der Waals surface area contributed by atoms with Crippen LogP contribution in [-0.2, 0) is 0 Å². The quantitative estimate of drug-likeness (QED) is 0.906. The highest BCUT2D eigenvalue weighted by atomic mass is 16.5. The average Bonchev–Trinajstić information content (AvgIpc) is 2.47. The Bertz CT molecular complexity index is 397. The molecule has 1 fully saturated rings. The maximum atomic E-state index is 6.33. The summed E-state index contributed by atoms with van der Waals surface area (Å²) in [5.41, 5.74) is 7.58. The molecule has 3 atom stereocenters. The number of hydrogen-bond acceptors (Lipinski definition) is 3. The molecule has 106 valence electrons. The van der Waals surface area contributed by atoms with Crippen LogP contribution in [0.2, 0.25) is 0 Å². The SMILES string of the molecule is CCC1CCC(N)C(c2cc(OC)cc(OC)c2)C1. The molecule has 0 aromatic heterocycles. The van der Waals surface area contributed by atoms with E-state index in [0.717, 1.165) is 23.8 Å². The van der Waals surface area contributed by atoms with Gasteiger partial charge < -0.3 is 15.2 Å². The van der Waals surface area contributed by atoms with Crippen molar-refractivity contribution in [3.63, 3.8) is 0 Å². The summed E-state index contributed by atoms with van der Waals surface area (Å²) < 4.78 is 10.7. The normalized spacial score (nSPS) is 27.1. The van der Waals surface area contributed by atoms with Crippen molar-refractivity contribution in [1.82, 2.24) is 0 Å². The summed E-state index contributed by atoms with van der Waals surface area (Å²) in [5, 5.41) is 0. The number of methoxy groups -OCH3 is 2. The predicted molar refractivity (Wildman–Crippen MR) is 77.9 cm³/mol. The molecule has 0 saturated heterocycles. The molecule has 1 aromatic carbocycles. The zero-order valence-electron chi connectivity index (χ0n) is 12.2. The third-order valence-electron chi connectivity index (χ3n) is 4.39. The first-order valence-electron chi connectivity index (χ1n) is 7.16. The Labute approximate surface area is 116 Å². The van der Waals surface area contributed by atoms with E-state index in [1.54, 1.807) is 14.2 Å². The molecule has 0 amide bonds. The van der Waals surface area contributed by atoms with E-state index in [4.69, 9.17) is 15.2 Å². The van der Waals surface area contributed by atoms with Gasteiger partial charge in [-0.05, 0) is 48.8 Å². The summed E-state index contributed by atoms with van der Waals surface area (Å²) in [7, 11) is 3.38. The van der Waals surface area contributed by atoms with Crippen LogP contribution >= 0.6 is 0 Å². The fourth-order valence-electron chi connectivity index (χ4n) is 3.08. The minimum absolute atomic E-state index is 0.250. The molecule has 0 radical (unpaired) electrons. The van der Waals surface area contributed by atoms with Crippen molar-refractivity contribution < 1.29 is 9.47 Å². The molecule has 0 aliphatic heterocycles. The molecule has 2 rings (SSSR count). The minimum Gasteiger partial charge on any atom is -0.497 e. The molecule has 19 heavy (non-hydrogen) atoms. The molecule has 3 unspecified atom stereocenters. The highest BCUT2D eigenvalue weighted by Crippen LogP contribution is 2.39. The van der Waals surface area contributed by atoms with Crippen LogP contribution in [0.15, 0.2) is 18.2 Å². The van der Waals surface area contributed by atoms with Crippen LogP contribution < -0.4 is 15.2 Å². The Morgan fingerprint density at radius 2 is 1.74 bits per heavy atom. The van der Waals surface area contributed by atoms with Gasteiger partial charge in [0, 0.05) is 12.1 Å². The van der Waals surface area contributed by atoms with E-state index in [0.29, 0.717) is 5.92 Å². The van der Waals surface area contributed by atoms with Gasteiger partial charge in [0.1, 0.15) is 11.5 Å². The van der Waals surface area contributed by atoms with Gasteiger partial charge in [-0.1, -0.05) is 13.3 Å². The van der Waals surface area contributed by atoms with Crippen molar-refractivity contribution >= 4 is 0 Å². The summed E-state index contributed by atoms with van der Waals surface area (Å²) in [4.78, 5) is 0. The molecule has 1 aliphatic carbocycles. The maximum Gasteiger partial charge on any atom is 0.122 e. The molecule has 0 bridgehead atoms. The number of ether oxygens (including phenoxy) is 2. The summed E-state index contributed by atoms with van der Waals surface area (Å²) in [6, 6.07) is 6.37. The average molecular weight is 263 g/mol. The van der Waals surface area contributed by atoms with Crippen molar-refractivity contribution in [2.45, 2.75) is 44.6 Å². The maximum absolute atomic E-state index is 6.33. The Morgan fingerprint density at radius 3 is 2.26 bits per heavy atom. The summed E-state index contributed by atoms with van der Waals surface area (Å²) >= 11 is 0. The number of benzene rings is 1. The van der Waals surface area contributed by atoms with E-state index >= 15 is 0 Å². The van der Waals surface area contributed by atoms with Crippen LogP contribution in [0.4, 0.5) is 0 Å². The highest BCUT2D eigenvalue weighted by Gasteiger charge is 2.29. The summed E-state index contributed by atoms with van der Waals surface area (Å²) in [6.45, 7) is 2.27. The highest BCUT2D eigenvalue weighted by molar-refractivity contribution is 5.40. The lowest BCUT2D eigenvalue weighted by Gasteiger charge is -2.34. The molecular weight excluding hydrogens is 238 g/mol. The van der Waals surface area contributed by atoms with Gasteiger partial charge in [-0.15, -0.1) is 0 Å². The van der Waals surface area contributed by atoms with Crippen molar-refractivity contribution in [1.29, 1.82) is 0 Å². The second-order valence-electron chi connectivity index (χ2n) is 5.50. The first-order valence-corrected chi connectivity index (χ1v) is 7.16. The molecule has 0 heterocycles. The Hall–Kier alpha value is -1.22. The van der Waals surface area contributed by atoms with E-state index in [-0.39, 0.29) is 6.04 Å². The molecule has 3 nitrogen and oxygen atoms in total. The van der Waals surface area contributed by atoms with Gasteiger partial charge in [-0.25, -0.2) is 0 Å². The number of nitrogens with two attached hydrogens (primary N) is 1. The summed E-state index contributed by atoms with van der Waals surface area (Å²) in [6.07, 6.45) is 4.79. The zero-order chi connectivity index (χ0) is 13.8. The predicted octanol–water partition coefficient (Wildman–Crippen LogP) is 3.32. The van der Waals surface area contributed by atoms with Crippen LogP contribution in [-0.4, -0.2) is 20.3 Å². The van der Waals surface area contributed by atoms with Gasteiger partial charge in [-0.3, -0.25) is 0 Å². The summed E-state index contributed by atoms with van der Waals surface area (Å²) in [5.74, 6) is 2.91. The topological polar surface area (TPSA) is 44.5 Å². The lowest BCUT2D eigenvalue weighted by Crippen LogP contribution is -2.34. The van der Waals surface area contributed by atoms with Crippen molar-refractivity contribution in [3.8, 4) is 11.5 Å². The molecule has 2 N–H and O–H groups in total. The largest absolute Gasteiger partial charge is 0.497 e. The molecule has 1 saturated carbocycles. The smallest absolute Gasteiger partial charge is 0.122 e. The van der Waals surface area contributed by atoms with E-state index in [1.165, 1.54) is 24.8 Å². The van der Waals surface area contributed by atoms with Crippen LogP contribution in [0.3, 0.4) is 0 Å². The molecule has 1 aromatic rings. The van der Waals surface area contributed by atoms with E-state index < -0.39 is 0 Å². The van der Waals surface area contributed by atoms with Crippen LogP contribution in [0.5, 0.6) is 11.5 Å². The van der Waals surface area contributed by atoms with Gasteiger partial charge in [0.05, 0.1) is 14.2 Å². The Balaban J connectivity index is 2.27. The Kier molecular flexibility index (Phi) is 4.70. The van der Waals surface area contributed by atoms with Crippen molar-refractivity contribution in [2.24, 2.45) is 11.7 Å². The fraction of sp³-hybridized carbons (Fsp3) is 0.625. The number of hydrogen-bond donors (Lipinski definition) is 1. The minimum atomic E-state index is 0.250. The van der Waals surface area contributed by atoms with Gasteiger partial charge >= 0.3 is 0 Å². The van der Waals surface area contributed by atoms with Gasteiger partial charge in [0.2, 0.25) is 0 Å². The molecule has 0 spiro atoms. The monoisotopic (exact) mass is 263 g/mol. The van der Waals surface area contributed by atoms with Crippen molar-refractivity contribution in [3.05, 3.63) is 23.8 Å². The lowest BCUT2D eigenvalue weighted by atomic mass is 9.74. The number of rotatable bonds is 4. The first-order chi connectivity index (χ1) is 9.17. The van der Waals surface area contributed by atoms with Gasteiger partial charge in [-0.2, -0.15) is 0 Å². The molecule has 1 aliphatic rings. The molecular formula is C16H25NO2. The third kappa shape index (κ3) is 3.21. The van der Waals surface area contributed by atoms with Gasteiger partial charge in [0.25, 0.3) is 0 Å². The molecule has 3 heteroatoms. The second-order valence-corrected chi connectivity index (χ2v) is 5.50. The van der Waals surface area contributed by atoms with E-state index in [1.807, 2.05) is 6.07 Å². The first kappa shape index (κ1) is 14.2. The Morgan fingerprint density at radius 1 is 1.11 bits per heavy atom. The fourth-order valence-corrected chi connectivity index (χ4v) is 3.08. The second kappa shape index (κ2) is 6.29. The lowest BCUT2D eigenvalue weighted by molar-refractivity contribution is 0.281. The van der Waals surface area contributed by atoms with Crippen LogP contribution in [0, 0.1) is 5.92 Å². The van der Waals surface area contributed by atoms with Crippen LogP contribution in [0.1, 0.15) is 44.1 Å². The van der Waals surface area contributed by atoms with E-state index in [9.17, 15) is 0 Å². The van der Waals surface area contributed by atoms with Crippen LogP contribution in [0.25, 0.3) is 0 Å². The van der Waals surface area contributed by atoms with E-state index in [2.05, 4.69) is 19.1 Å². The standard InChI is InChI=1S/C16H25NO2/c1-4-11-5-6-16(17)15(7-11)12-8-13(18-2)10-14(9-12)19-3/h8-11,15-16H,4-7,17H2,1-3H3.